The predicted molar refractivity (Wildman–Crippen MR) is 104 cm³/mol. The fourth-order valence-corrected chi connectivity index (χ4v) is 6.42. The molecular formula is C15H16N2O4S4. The van der Waals surface area contributed by atoms with Gasteiger partial charge >= 0.3 is 0 Å². The van der Waals surface area contributed by atoms with Crippen molar-refractivity contribution in [2.24, 2.45) is 0 Å². The normalized spacial score (nSPS) is 24.3. The zero-order valence-corrected chi connectivity index (χ0v) is 16.6. The molecule has 0 bridgehead atoms. The number of likely N-dealkylation sites (N-methyl/N-ethyl adjacent to an activating group) is 1. The number of thiocarbonyl (C=S) groups is 1. The zero-order chi connectivity index (χ0) is 18.2. The Kier molecular flexibility index (Phi) is 5.33. The van der Waals surface area contributed by atoms with E-state index in [0.29, 0.717) is 15.6 Å². The summed E-state index contributed by atoms with van der Waals surface area (Å²) in [6.45, 7) is -0.167. The van der Waals surface area contributed by atoms with Gasteiger partial charge < -0.3 is 4.90 Å². The fourth-order valence-electron chi connectivity index (χ4n) is 2.67. The predicted octanol–water partition coefficient (Wildman–Crippen LogP) is 1.59. The summed E-state index contributed by atoms with van der Waals surface area (Å²) < 4.78 is 23.5. The number of thiophene rings is 1. The maximum atomic E-state index is 12.5. The third kappa shape index (κ3) is 4.13. The number of nitrogens with zero attached hydrogens (tertiary/aromatic N) is 2. The molecule has 3 heterocycles. The van der Waals surface area contributed by atoms with Crippen LogP contribution in [0.3, 0.4) is 0 Å². The van der Waals surface area contributed by atoms with Crippen LogP contribution in [0.15, 0.2) is 22.4 Å². The van der Waals surface area contributed by atoms with Gasteiger partial charge in [0.15, 0.2) is 9.84 Å². The van der Waals surface area contributed by atoms with Gasteiger partial charge in [-0.05, 0) is 23.9 Å². The summed E-state index contributed by atoms with van der Waals surface area (Å²) >= 11 is 7.92. The highest BCUT2D eigenvalue weighted by atomic mass is 32.2. The third-order valence-electron chi connectivity index (χ3n) is 4.13. The third-order valence-corrected chi connectivity index (χ3v) is 8.08. The first-order valence-corrected chi connectivity index (χ1v) is 11.4. The first-order valence-electron chi connectivity index (χ1n) is 7.52. The number of thioether (sulfide) groups is 1. The summed E-state index contributed by atoms with van der Waals surface area (Å²) in [4.78, 5) is 29.1. The van der Waals surface area contributed by atoms with Crippen molar-refractivity contribution in [3.8, 4) is 0 Å². The van der Waals surface area contributed by atoms with Crippen LogP contribution in [-0.2, 0) is 19.4 Å². The van der Waals surface area contributed by atoms with E-state index in [-0.39, 0.29) is 35.9 Å². The van der Waals surface area contributed by atoms with Crippen LogP contribution < -0.4 is 0 Å². The van der Waals surface area contributed by atoms with Crippen LogP contribution in [-0.4, -0.2) is 65.5 Å². The van der Waals surface area contributed by atoms with Gasteiger partial charge in [0.2, 0.25) is 5.91 Å². The second-order valence-corrected chi connectivity index (χ2v) is 10.7. The lowest BCUT2D eigenvalue weighted by Gasteiger charge is -2.25. The molecule has 2 fully saturated rings. The van der Waals surface area contributed by atoms with Crippen molar-refractivity contribution in [1.29, 1.82) is 0 Å². The van der Waals surface area contributed by atoms with E-state index < -0.39 is 9.84 Å². The van der Waals surface area contributed by atoms with Crippen molar-refractivity contribution in [2.75, 3.05) is 25.1 Å². The molecule has 2 aliphatic rings. The molecule has 25 heavy (non-hydrogen) atoms. The van der Waals surface area contributed by atoms with Crippen molar-refractivity contribution in [2.45, 2.75) is 12.5 Å². The smallest absolute Gasteiger partial charge is 0.266 e. The van der Waals surface area contributed by atoms with E-state index in [4.69, 9.17) is 12.2 Å². The van der Waals surface area contributed by atoms with Gasteiger partial charge in [-0.15, -0.1) is 11.3 Å². The molecule has 0 spiro atoms. The zero-order valence-electron chi connectivity index (χ0n) is 13.4. The van der Waals surface area contributed by atoms with Crippen molar-refractivity contribution >= 4 is 67.4 Å². The van der Waals surface area contributed by atoms with Crippen molar-refractivity contribution in [1.82, 2.24) is 9.80 Å². The topological polar surface area (TPSA) is 74.8 Å². The lowest BCUT2D eigenvalue weighted by molar-refractivity contribution is -0.135. The number of carbonyl (C=O) groups excluding carboxylic acids is 2. The van der Waals surface area contributed by atoms with Gasteiger partial charge in [-0.2, -0.15) is 0 Å². The molecule has 0 aliphatic carbocycles. The van der Waals surface area contributed by atoms with Crippen LogP contribution in [0.25, 0.3) is 6.08 Å². The molecular weight excluding hydrogens is 400 g/mol. The highest BCUT2D eigenvalue weighted by molar-refractivity contribution is 8.26. The SMILES string of the molecule is CN(C(=O)CN1C(=O)/C(=C\c2cccs2)SC1=S)C1CCS(=O)(=O)C1. The Hall–Kier alpha value is -1.23. The van der Waals surface area contributed by atoms with Crippen LogP contribution in [0.5, 0.6) is 0 Å². The molecule has 10 heteroatoms. The molecule has 6 nitrogen and oxygen atoms in total. The largest absolute Gasteiger partial charge is 0.340 e. The summed E-state index contributed by atoms with van der Waals surface area (Å²) in [6.07, 6.45) is 2.20. The van der Waals surface area contributed by atoms with Gasteiger partial charge in [0.1, 0.15) is 10.9 Å². The Morgan fingerprint density at radius 2 is 2.28 bits per heavy atom. The number of carbonyl (C=O) groups is 2. The molecule has 1 aromatic rings. The van der Waals surface area contributed by atoms with Crippen LogP contribution >= 0.6 is 35.3 Å². The average Bonchev–Trinajstić information content (AvgIpc) is 3.24. The Labute approximate surface area is 159 Å². The molecule has 0 N–H and O–H groups in total. The standard InChI is InChI=1S/C15H16N2O4S4/c1-16(10-4-6-25(20,21)9-10)13(18)8-17-14(19)12(24-15(17)22)7-11-3-2-5-23-11/h2-3,5,7,10H,4,6,8-9H2,1H3/b12-7+. The van der Waals surface area contributed by atoms with Gasteiger partial charge in [-0.1, -0.05) is 30.0 Å². The molecule has 1 unspecified atom stereocenters. The molecule has 2 aliphatic heterocycles. The van der Waals surface area contributed by atoms with Crippen molar-refractivity contribution in [3.05, 3.63) is 27.3 Å². The van der Waals surface area contributed by atoms with E-state index in [0.717, 1.165) is 4.88 Å². The molecule has 3 rings (SSSR count). The lowest BCUT2D eigenvalue weighted by atomic mass is 10.2. The second kappa shape index (κ2) is 7.18. The minimum absolute atomic E-state index is 0.0219. The summed E-state index contributed by atoms with van der Waals surface area (Å²) in [5.74, 6) is -0.522. The number of amides is 2. The average molecular weight is 417 g/mol. The van der Waals surface area contributed by atoms with E-state index in [1.54, 1.807) is 13.1 Å². The molecule has 0 saturated carbocycles. The molecule has 1 aromatic heterocycles. The van der Waals surface area contributed by atoms with E-state index >= 15 is 0 Å². The summed E-state index contributed by atoms with van der Waals surface area (Å²) in [5, 5.41) is 1.92. The highest BCUT2D eigenvalue weighted by Crippen LogP contribution is 2.33. The Bertz CT molecular complexity index is 845. The van der Waals surface area contributed by atoms with Gasteiger partial charge in [-0.25, -0.2) is 8.42 Å². The molecule has 1 atom stereocenters. The lowest BCUT2D eigenvalue weighted by Crippen LogP contribution is -2.45. The van der Waals surface area contributed by atoms with Crippen LogP contribution in [0.2, 0.25) is 0 Å². The van der Waals surface area contributed by atoms with Gasteiger partial charge in [0.05, 0.1) is 16.4 Å². The number of hydrogen-bond acceptors (Lipinski definition) is 7. The number of hydrogen-bond donors (Lipinski definition) is 0. The number of rotatable bonds is 4. The van der Waals surface area contributed by atoms with Crippen LogP contribution in [0, 0.1) is 0 Å². The second-order valence-electron chi connectivity index (χ2n) is 5.84. The van der Waals surface area contributed by atoms with Gasteiger partial charge in [0, 0.05) is 18.0 Å². The van der Waals surface area contributed by atoms with E-state index in [1.165, 1.54) is 32.9 Å². The van der Waals surface area contributed by atoms with Gasteiger partial charge in [-0.3, -0.25) is 14.5 Å². The first kappa shape index (κ1) is 18.6. The van der Waals surface area contributed by atoms with Gasteiger partial charge in [0.25, 0.3) is 5.91 Å². The minimum Gasteiger partial charge on any atom is -0.340 e. The quantitative estimate of drug-likeness (QED) is 0.548. The van der Waals surface area contributed by atoms with Crippen LogP contribution in [0.1, 0.15) is 11.3 Å². The van der Waals surface area contributed by atoms with Crippen molar-refractivity contribution in [3.63, 3.8) is 0 Å². The first-order chi connectivity index (χ1) is 11.8. The Balaban J connectivity index is 1.67. The molecule has 134 valence electrons. The number of sulfone groups is 1. The molecule has 0 radical (unpaired) electrons. The maximum Gasteiger partial charge on any atom is 0.266 e. The summed E-state index contributed by atoms with van der Waals surface area (Å²) in [7, 11) is -1.50. The highest BCUT2D eigenvalue weighted by Gasteiger charge is 2.37. The molecule has 0 aromatic carbocycles. The van der Waals surface area contributed by atoms with Crippen molar-refractivity contribution < 1.29 is 18.0 Å². The Morgan fingerprint density at radius 3 is 2.88 bits per heavy atom. The van der Waals surface area contributed by atoms with Crippen LogP contribution in [0.4, 0.5) is 0 Å². The summed E-state index contributed by atoms with van der Waals surface area (Å²) in [5.41, 5.74) is 0. The molecule has 2 saturated heterocycles. The van der Waals surface area contributed by atoms with E-state index in [2.05, 4.69) is 0 Å². The fraction of sp³-hybridized carbons (Fsp3) is 0.400. The molecule has 2 amide bonds. The van der Waals surface area contributed by atoms with E-state index in [1.807, 2.05) is 17.5 Å². The minimum atomic E-state index is -3.07. The van der Waals surface area contributed by atoms with E-state index in [9.17, 15) is 18.0 Å². The Morgan fingerprint density at radius 1 is 1.52 bits per heavy atom. The summed E-state index contributed by atoms with van der Waals surface area (Å²) in [6, 6.07) is 3.46. The maximum absolute atomic E-state index is 12.5. The monoisotopic (exact) mass is 416 g/mol.